The molecular weight excluding hydrogens is 310 g/mol. The number of rotatable bonds is 5. The summed E-state index contributed by atoms with van der Waals surface area (Å²) >= 11 is 0. The third kappa shape index (κ3) is 4.73. The molecule has 0 bridgehead atoms. The molecular formula is C14H17NO6S. The first kappa shape index (κ1) is 16.3. The number of esters is 1. The van der Waals surface area contributed by atoms with Gasteiger partial charge in [0.1, 0.15) is 5.76 Å². The average molecular weight is 327 g/mol. The van der Waals surface area contributed by atoms with Gasteiger partial charge in [-0.25, -0.2) is 13.2 Å². The van der Waals surface area contributed by atoms with Crippen LogP contribution in [0, 0.1) is 0 Å². The van der Waals surface area contributed by atoms with Crippen LogP contribution in [-0.4, -0.2) is 43.9 Å². The van der Waals surface area contributed by atoms with Gasteiger partial charge in [0.15, 0.2) is 16.4 Å². The molecule has 0 spiro atoms. The molecule has 7 nitrogen and oxygen atoms in total. The zero-order chi connectivity index (χ0) is 16.2. The Labute approximate surface area is 128 Å². The smallest absolute Gasteiger partial charge is 0.331 e. The maximum absolute atomic E-state index is 11.7. The standard InChI is InChI=1S/C14H17NO6S/c1-14(6-8-22(18,19)10-14)15-12(16)9-21-13(17)5-4-11-3-2-7-20-11/h2-5,7H,6,8-10H2,1H3,(H,15,16)/b5-4+/t14-/m0/s1. The summed E-state index contributed by atoms with van der Waals surface area (Å²) in [6.07, 6.45) is 4.39. The fourth-order valence-corrected chi connectivity index (χ4v) is 4.30. The van der Waals surface area contributed by atoms with Crippen molar-refractivity contribution >= 4 is 27.8 Å². The first-order chi connectivity index (χ1) is 10.3. The van der Waals surface area contributed by atoms with Gasteiger partial charge in [0.25, 0.3) is 5.91 Å². The number of carbonyl (C=O) groups excluding carboxylic acids is 2. The Morgan fingerprint density at radius 1 is 1.50 bits per heavy atom. The van der Waals surface area contributed by atoms with Crippen molar-refractivity contribution in [2.24, 2.45) is 0 Å². The van der Waals surface area contributed by atoms with Crippen molar-refractivity contribution in [3.05, 3.63) is 30.2 Å². The Balaban J connectivity index is 1.77. The molecule has 1 aliphatic rings. The lowest BCUT2D eigenvalue weighted by atomic mass is 10.0. The molecule has 1 amide bonds. The summed E-state index contributed by atoms with van der Waals surface area (Å²) in [7, 11) is -3.11. The second-order valence-corrected chi connectivity index (χ2v) is 7.59. The van der Waals surface area contributed by atoms with E-state index < -0.39 is 33.9 Å². The molecule has 1 aromatic heterocycles. The van der Waals surface area contributed by atoms with Gasteiger partial charge in [0.05, 0.1) is 23.3 Å². The molecule has 0 aliphatic carbocycles. The minimum atomic E-state index is -3.11. The number of nitrogens with one attached hydrogen (secondary N) is 1. The highest BCUT2D eigenvalue weighted by Gasteiger charge is 2.39. The first-order valence-electron chi connectivity index (χ1n) is 6.68. The SMILES string of the molecule is C[C@]1(NC(=O)COC(=O)/C=C/c2ccco2)CCS(=O)(=O)C1. The molecule has 0 unspecified atom stereocenters. The van der Waals surface area contributed by atoms with Crippen LogP contribution < -0.4 is 5.32 Å². The van der Waals surface area contributed by atoms with Gasteiger partial charge >= 0.3 is 5.97 Å². The number of amides is 1. The summed E-state index contributed by atoms with van der Waals surface area (Å²) in [6, 6.07) is 3.34. The number of furan rings is 1. The molecule has 0 saturated carbocycles. The van der Waals surface area contributed by atoms with E-state index in [-0.39, 0.29) is 11.5 Å². The molecule has 0 radical (unpaired) electrons. The monoisotopic (exact) mass is 327 g/mol. The van der Waals surface area contributed by atoms with Crippen molar-refractivity contribution in [1.29, 1.82) is 0 Å². The van der Waals surface area contributed by atoms with Gasteiger partial charge in [0, 0.05) is 6.08 Å². The normalized spacial score (nSPS) is 23.5. The van der Waals surface area contributed by atoms with Crippen LogP contribution in [-0.2, 0) is 24.2 Å². The number of sulfone groups is 1. The molecule has 1 fully saturated rings. The quantitative estimate of drug-likeness (QED) is 0.625. The van der Waals surface area contributed by atoms with Gasteiger partial charge in [0.2, 0.25) is 0 Å². The molecule has 1 atom stereocenters. The molecule has 0 aromatic carbocycles. The van der Waals surface area contributed by atoms with E-state index in [0.29, 0.717) is 12.2 Å². The maximum Gasteiger partial charge on any atom is 0.331 e. The lowest BCUT2D eigenvalue weighted by Gasteiger charge is -2.23. The van der Waals surface area contributed by atoms with Crippen molar-refractivity contribution in [3.63, 3.8) is 0 Å². The van der Waals surface area contributed by atoms with Crippen molar-refractivity contribution < 1.29 is 27.2 Å². The van der Waals surface area contributed by atoms with E-state index >= 15 is 0 Å². The maximum atomic E-state index is 11.7. The van der Waals surface area contributed by atoms with Crippen molar-refractivity contribution in [2.45, 2.75) is 18.9 Å². The molecule has 2 heterocycles. The minimum Gasteiger partial charge on any atom is -0.465 e. The molecule has 1 N–H and O–H groups in total. The lowest BCUT2D eigenvalue weighted by Crippen LogP contribution is -2.48. The fraction of sp³-hybridized carbons (Fsp3) is 0.429. The molecule has 2 rings (SSSR count). The van der Waals surface area contributed by atoms with Crippen LogP contribution >= 0.6 is 0 Å². The summed E-state index contributed by atoms with van der Waals surface area (Å²) in [5.74, 6) is -0.770. The van der Waals surface area contributed by atoms with Gasteiger partial charge in [-0.1, -0.05) is 0 Å². The molecule has 1 saturated heterocycles. The topological polar surface area (TPSA) is 103 Å². The fourth-order valence-electron chi connectivity index (χ4n) is 2.20. The van der Waals surface area contributed by atoms with Gasteiger partial charge in [-0.3, -0.25) is 4.79 Å². The number of hydrogen-bond donors (Lipinski definition) is 1. The highest BCUT2D eigenvalue weighted by atomic mass is 32.2. The summed E-state index contributed by atoms with van der Waals surface area (Å²) in [5.41, 5.74) is -0.799. The second kappa shape index (κ2) is 6.35. The Morgan fingerprint density at radius 2 is 2.27 bits per heavy atom. The van der Waals surface area contributed by atoms with E-state index in [0.717, 1.165) is 6.08 Å². The van der Waals surface area contributed by atoms with E-state index in [1.165, 1.54) is 12.3 Å². The van der Waals surface area contributed by atoms with Crippen molar-refractivity contribution in [1.82, 2.24) is 5.32 Å². The minimum absolute atomic E-state index is 0.0510. The highest BCUT2D eigenvalue weighted by molar-refractivity contribution is 7.91. The van der Waals surface area contributed by atoms with Crippen molar-refractivity contribution in [2.75, 3.05) is 18.1 Å². The number of carbonyl (C=O) groups is 2. The zero-order valence-electron chi connectivity index (χ0n) is 12.1. The number of ether oxygens (including phenoxy) is 1. The molecule has 1 aromatic rings. The number of hydrogen-bond acceptors (Lipinski definition) is 6. The predicted molar refractivity (Wildman–Crippen MR) is 78.5 cm³/mol. The van der Waals surface area contributed by atoms with Crippen LogP contribution in [0.15, 0.2) is 28.9 Å². The Kier molecular flexibility index (Phi) is 4.70. The Morgan fingerprint density at radius 3 is 2.86 bits per heavy atom. The summed E-state index contributed by atoms with van der Waals surface area (Å²) in [5, 5.41) is 2.60. The van der Waals surface area contributed by atoms with Crippen LogP contribution in [0.3, 0.4) is 0 Å². The van der Waals surface area contributed by atoms with E-state index in [2.05, 4.69) is 5.32 Å². The van der Waals surface area contributed by atoms with Gasteiger partial charge in [-0.2, -0.15) is 0 Å². The Hall–Kier alpha value is -2.09. The van der Waals surface area contributed by atoms with Crippen LogP contribution in [0.5, 0.6) is 0 Å². The van der Waals surface area contributed by atoms with E-state index in [9.17, 15) is 18.0 Å². The van der Waals surface area contributed by atoms with Crippen LogP contribution in [0.25, 0.3) is 6.08 Å². The van der Waals surface area contributed by atoms with Crippen LogP contribution in [0.4, 0.5) is 0 Å². The van der Waals surface area contributed by atoms with E-state index in [1.807, 2.05) is 0 Å². The van der Waals surface area contributed by atoms with Gasteiger partial charge in [-0.05, 0) is 31.6 Å². The van der Waals surface area contributed by atoms with Gasteiger partial charge < -0.3 is 14.5 Å². The van der Waals surface area contributed by atoms with Crippen molar-refractivity contribution in [3.8, 4) is 0 Å². The molecule has 1 aliphatic heterocycles. The summed E-state index contributed by atoms with van der Waals surface area (Å²) in [6.45, 7) is 1.20. The Bertz CT molecular complexity index is 676. The first-order valence-corrected chi connectivity index (χ1v) is 8.50. The second-order valence-electron chi connectivity index (χ2n) is 5.41. The summed E-state index contributed by atoms with van der Waals surface area (Å²) in [4.78, 5) is 23.2. The molecule has 120 valence electrons. The largest absolute Gasteiger partial charge is 0.465 e. The predicted octanol–water partition coefficient (Wildman–Crippen LogP) is 0.529. The third-order valence-corrected chi connectivity index (χ3v) is 5.12. The van der Waals surface area contributed by atoms with Crippen LogP contribution in [0.1, 0.15) is 19.1 Å². The van der Waals surface area contributed by atoms with E-state index in [4.69, 9.17) is 9.15 Å². The summed E-state index contributed by atoms with van der Waals surface area (Å²) < 4.78 is 32.7. The van der Waals surface area contributed by atoms with Crippen LogP contribution in [0.2, 0.25) is 0 Å². The van der Waals surface area contributed by atoms with E-state index in [1.54, 1.807) is 19.1 Å². The third-order valence-electron chi connectivity index (χ3n) is 3.22. The highest BCUT2D eigenvalue weighted by Crippen LogP contribution is 2.22. The zero-order valence-corrected chi connectivity index (χ0v) is 12.9. The molecule has 8 heteroatoms. The molecule has 22 heavy (non-hydrogen) atoms. The lowest BCUT2D eigenvalue weighted by molar-refractivity contribution is -0.144. The van der Waals surface area contributed by atoms with Gasteiger partial charge in [-0.15, -0.1) is 0 Å². The average Bonchev–Trinajstić information content (AvgIpc) is 3.02.